The maximum absolute atomic E-state index is 11.1. The van der Waals surface area contributed by atoms with Gasteiger partial charge >= 0.3 is 23.9 Å². The van der Waals surface area contributed by atoms with E-state index in [2.05, 4.69) is 0 Å². The Morgan fingerprint density at radius 1 is 0.857 bits per heavy atom. The normalized spacial score (nSPS) is 14.8. The Hall–Kier alpha value is -1.73. The molecule has 0 radical (unpaired) electrons. The molecule has 162 valence electrons. The fraction of sp³-hybridized carbons (Fsp3) is 0.765. The smallest absolute Gasteiger partial charge is 0.307 e. The number of hydrogen-bond donors (Lipinski definition) is 4. The van der Waals surface area contributed by atoms with Crippen molar-refractivity contribution >= 4 is 41.2 Å². The van der Waals surface area contributed by atoms with Gasteiger partial charge in [0.1, 0.15) is 0 Å². The summed E-state index contributed by atoms with van der Waals surface area (Å²) < 4.78 is 6.23. The maximum atomic E-state index is 11.1. The van der Waals surface area contributed by atoms with Gasteiger partial charge in [-0.15, -0.1) is 0 Å². The van der Waals surface area contributed by atoms with Gasteiger partial charge in [-0.3, -0.25) is 19.2 Å². The van der Waals surface area contributed by atoms with Gasteiger partial charge in [0.2, 0.25) is 0 Å². The van der Waals surface area contributed by atoms with Crippen LogP contribution in [0.1, 0.15) is 38.5 Å². The van der Waals surface area contributed by atoms with Gasteiger partial charge in [0, 0.05) is 0 Å². The predicted molar refractivity (Wildman–Crippen MR) is 106 cm³/mol. The van der Waals surface area contributed by atoms with Gasteiger partial charge in [-0.2, -0.15) is 0 Å². The van der Waals surface area contributed by atoms with Crippen molar-refractivity contribution in [3.63, 3.8) is 0 Å². The van der Waals surface area contributed by atoms with Crippen LogP contribution in [-0.4, -0.2) is 61.7 Å². The van der Waals surface area contributed by atoms with Gasteiger partial charge in [0.25, 0.3) is 0 Å². The van der Waals surface area contributed by atoms with Crippen molar-refractivity contribution in [2.75, 3.05) is 0 Å². The molecule has 0 aliphatic heterocycles. The topological polar surface area (TPSA) is 158 Å². The van der Waals surface area contributed by atoms with E-state index in [9.17, 15) is 19.2 Å². The van der Waals surface area contributed by atoms with E-state index in [1.165, 1.54) is 0 Å². The highest BCUT2D eigenvalue weighted by Crippen LogP contribution is 2.22. The monoisotopic (exact) mass is 436 g/mol. The molecule has 0 aromatic heterocycles. The molecule has 0 amide bonds. The van der Waals surface area contributed by atoms with E-state index in [0.717, 1.165) is 12.1 Å². The lowest BCUT2D eigenvalue weighted by Crippen LogP contribution is -2.36. The van der Waals surface area contributed by atoms with Gasteiger partial charge in [-0.05, 0) is 44.6 Å². The number of hydrogen-bond acceptors (Lipinski definition) is 5. The summed E-state index contributed by atoms with van der Waals surface area (Å²) in [5.74, 6) is -6.21. The van der Waals surface area contributed by atoms with Crippen molar-refractivity contribution < 1.29 is 43.7 Å². The van der Waals surface area contributed by atoms with Crippen LogP contribution in [0.3, 0.4) is 0 Å². The first kappa shape index (κ1) is 26.3. The lowest BCUT2D eigenvalue weighted by atomic mass is 10.0. The van der Waals surface area contributed by atoms with Crippen LogP contribution in [0.4, 0.5) is 0 Å². The van der Waals surface area contributed by atoms with Gasteiger partial charge in [-0.25, -0.2) is 0 Å². The largest absolute Gasteiger partial charge is 0.481 e. The van der Waals surface area contributed by atoms with Gasteiger partial charge in [0.15, 0.2) is 17.4 Å². The first-order valence-corrected chi connectivity index (χ1v) is 15.0. The van der Waals surface area contributed by atoms with Crippen molar-refractivity contribution in [3.05, 3.63) is 0 Å². The second-order valence-electron chi connectivity index (χ2n) is 7.78. The van der Waals surface area contributed by atoms with E-state index in [1.807, 2.05) is 19.6 Å². The maximum Gasteiger partial charge on any atom is 0.307 e. The summed E-state index contributed by atoms with van der Waals surface area (Å²) in [7, 11) is -3.57. The number of carbonyl (C=O) groups is 4. The Kier molecular flexibility index (Phi) is 11.9. The minimum Gasteiger partial charge on any atom is -0.481 e. The zero-order valence-corrected chi connectivity index (χ0v) is 18.9. The highest BCUT2D eigenvalue weighted by molar-refractivity contribution is 6.78. The Labute approximate surface area is 167 Å². The van der Waals surface area contributed by atoms with Crippen LogP contribution >= 0.6 is 0 Å². The molecule has 3 atom stereocenters. The Morgan fingerprint density at radius 2 is 1.29 bits per heavy atom. The molecule has 0 bridgehead atoms. The third-order valence-corrected chi connectivity index (χ3v) is 11.5. The molecule has 0 aliphatic carbocycles. The first-order valence-electron chi connectivity index (χ1n) is 9.41. The molecule has 28 heavy (non-hydrogen) atoms. The van der Waals surface area contributed by atoms with Crippen LogP contribution in [0.5, 0.6) is 0 Å². The van der Waals surface area contributed by atoms with Crippen LogP contribution in [0, 0.1) is 11.8 Å². The third-order valence-electron chi connectivity index (χ3n) is 4.56. The molecule has 0 aromatic rings. The standard InChI is InChI=1S/C17H32O9Si2/c1-27(8-4-6-12(16(22)23)10-14(18)19)26-28(2,3)9-5-7-13(17(24)25)11-15(20)21/h12-13,27H,4-11H2,1-3H3,(H,18,19)(H,20,21)(H,22,23)(H,24,25). The molecule has 9 nitrogen and oxygen atoms in total. The molecule has 3 unspecified atom stereocenters. The third kappa shape index (κ3) is 12.6. The van der Waals surface area contributed by atoms with Crippen molar-refractivity contribution in [2.45, 2.75) is 70.3 Å². The number of carboxylic acids is 4. The number of carboxylic acid groups (broad SMARTS) is 4. The first-order chi connectivity index (χ1) is 12.8. The van der Waals surface area contributed by atoms with Crippen molar-refractivity contribution in [3.8, 4) is 0 Å². The summed E-state index contributed by atoms with van der Waals surface area (Å²) >= 11 is 0. The van der Waals surface area contributed by atoms with E-state index in [1.54, 1.807) is 0 Å². The average Bonchev–Trinajstić information content (AvgIpc) is 2.51. The van der Waals surface area contributed by atoms with E-state index in [-0.39, 0.29) is 12.8 Å². The minimum atomic E-state index is -2.02. The van der Waals surface area contributed by atoms with Gasteiger partial charge < -0.3 is 24.5 Å². The second-order valence-corrected chi connectivity index (χ2v) is 14.9. The summed E-state index contributed by atoms with van der Waals surface area (Å²) in [4.78, 5) is 43.6. The fourth-order valence-corrected chi connectivity index (χ4v) is 10.3. The van der Waals surface area contributed by atoms with Crippen LogP contribution < -0.4 is 0 Å². The summed E-state index contributed by atoms with van der Waals surface area (Å²) in [6.07, 6.45) is 1.02. The van der Waals surface area contributed by atoms with Gasteiger partial charge in [0.05, 0.1) is 24.7 Å². The molecule has 4 N–H and O–H groups in total. The molecular weight excluding hydrogens is 404 g/mol. The second kappa shape index (κ2) is 12.7. The summed E-state index contributed by atoms with van der Waals surface area (Å²) in [6.45, 7) is 6.09. The zero-order chi connectivity index (χ0) is 21.9. The summed E-state index contributed by atoms with van der Waals surface area (Å²) in [5.41, 5.74) is 0. The Morgan fingerprint density at radius 3 is 1.68 bits per heavy atom. The molecule has 0 rings (SSSR count). The summed E-state index contributed by atoms with van der Waals surface area (Å²) in [5, 5.41) is 35.7. The molecule has 0 aromatic carbocycles. The average molecular weight is 437 g/mol. The molecular formula is C17H32O9Si2. The quantitative estimate of drug-likeness (QED) is 0.267. The molecule has 0 fully saturated rings. The van der Waals surface area contributed by atoms with Crippen LogP contribution in [0.2, 0.25) is 31.7 Å². The lowest BCUT2D eigenvalue weighted by Gasteiger charge is -2.28. The molecule has 0 heterocycles. The predicted octanol–water partition coefficient (Wildman–Crippen LogP) is 2.47. The van der Waals surface area contributed by atoms with Crippen molar-refractivity contribution in [2.24, 2.45) is 11.8 Å². The molecule has 0 saturated carbocycles. The van der Waals surface area contributed by atoms with E-state index >= 15 is 0 Å². The van der Waals surface area contributed by atoms with Crippen LogP contribution in [-0.2, 0) is 23.3 Å². The highest BCUT2D eigenvalue weighted by Gasteiger charge is 2.28. The van der Waals surface area contributed by atoms with Crippen molar-refractivity contribution in [1.29, 1.82) is 0 Å². The summed E-state index contributed by atoms with van der Waals surface area (Å²) in [6, 6.07) is 1.47. The SMILES string of the molecule is C[SiH](CCCC(CC(=O)O)C(=O)O)O[Si](C)(C)CCCC(CC(=O)O)C(=O)O. The number of aliphatic carboxylic acids is 4. The van der Waals surface area contributed by atoms with E-state index < -0.39 is 53.1 Å². The Bertz CT molecular complexity index is 551. The molecule has 0 aliphatic rings. The van der Waals surface area contributed by atoms with E-state index in [4.69, 9.17) is 24.5 Å². The van der Waals surface area contributed by atoms with Gasteiger partial charge in [-0.1, -0.05) is 12.8 Å². The van der Waals surface area contributed by atoms with Crippen molar-refractivity contribution in [1.82, 2.24) is 0 Å². The van der Waals surface area contributed by atoms with Crippen LogP contribution in [0.15, 0.2) is 0 Å². The Balaban J connectivity index is 4.33. The minimum absolute atomic E-state index is 0.298. The lowest BCUT2D eigenvalue weighted by molar-refractivity contribution is -0.148. The van der Waals surface area contributed by atoms with E-state index in [0.29, 0.717) is 25.7 Å². The highest BCUT2D eigenvalue weighted by atomic mass is 28.4. The molecule has 0 saturated heterocycles. The number of rotatable bonds is 16. The fourth-order valence-electron chi connectivity index (χ4n) is 3.14. The zero-order valence-electron chi connectivity index (χ0n) is 16.7. The van der Waals surface area contributed by atoms with Crippen LogP contribution in [0.25, 0.3) is 0 Å². The molecule has 0 spiro atoms. The molecule has 11 heteroatoms.